The summed E-state index contributed by atoms with van der Waals surface area (Å²) in [6.07, 6.45) is 2.40. The first-order chi connectivity index (χ1) is 9.39. The third-order valence-electron chi connectivity index (χ3n) is 3.65. The largest absolute Gasteiger partial charge is 0.281 e. The number of hydrogen-bond acceptors (Lipinski definition) is 5. The van der Waals surface area contributed by atoms with Crippen molar-refractivity contribution in [2.45, 2.75) is 44.7 Å². The lowest BCUT2D eigenvalue weighted by atomic mass is 9.98. The number of aromatic amines is 1. The summed E-state index contributed by atoms with van der Waals surface area (Å²) >= 11 is 0. The molecule has 1 aromatic heterocycles. The molecule has 0 aromatic carbocycles. The minimum atomic E-state index is -3.72. The van der Waals surface area contributed by atoms with Crippen molar-refractivity contribution in [3.63, 3.8) is 0 Å². The van der Waals surface area contributed by atoms with Gasteiger partial charge in [0.25, 0.3) is 0 Å². The van der Waals surface area contributed by atoms with Gasteiger partial charge < -0.3 is 0 Å². The molecular formula is C12H18N4O3S. The summed E-state index contributed by atoms with van der Waals surface area (Å²) in [5, 5.41) is 6.60. The number of rotatable bonds is 3. The van der Waals surface area contributed by atoms with E-state index in [9.17, 15) is 13.2 Å². The molecule has 1 saturated heterocycles. The number of sulfonamides is 1. The van der Waals surface area contributed by atoms with Gasteiger partial charge in [0.15, 0.2) is 0 Å². The van der Waals surface area contributed by atoms with Crippen LogP contribution < -0.4 is 0 Å². The van der Waals surface area contributed by atoms with E-state index in [-0.39, 0.29) is 10.8 Å². The molecule has 0 amide bonds. The fourth-order valence-electron chi connectivity index (χ4n) is 2.68. The lowest BCUT2D eigenvalue weighted by molar-refractivity contribution is 0.193. The Morgan fingerprint density at radius 3 is 2.70 bits per heavy atom. The zero-order chi connectivity index (χ0) is 14.9. The van der Waals surface area contributed by atoms with Crippen molar-refractivity contribution in [2.24, 2.45) is 10.9 Å². The van der Waals surface area contributed by atoms with Crippen LogP contribution in [0.2, 0.25) is 0 Å². The third-order valence-corrected chi connectivity index (χ3v) is 5.79. The van der Waals surface area contributed by atoms with E-state index in [1.54, 1.807) is 13.8 Å². The van der Waals surface area contributed by atoms with Crippen LogP contribution in [0.1, 0.15) is 31.2 Å². The smallest absolute Gasteiger partial charge is 0.248 e. The van der Waals surface area contributed by atoms with Crippen LogP contribution in [0, 0.1) is 19.8 Å². The second kappa shape index (κ2) is 5.47. The summed E-state index contributed by atoms with van der Waals surface area (Å²) in [5.41, 5.74) is 0.920. The van der Waals surface area contributed by atoms with Gasteiger partial charge >= 0.3 is 0 Å². The monoisotopic (exact) mass is 298 g/mol. The fraction of sp³-hybridized carbons (Fsp3) is 0.667. The van der Waals surface area contributed by atoms with Gasteiger partial charge in [-0.3, -0.25) is 5.10 Å². The fourth-order valence-corrected chi connectivity index (χ4v) is 4.68. The minimum absolute atomic E-state index is 0.00696. The molecule has 1 fully saturated rings. The van der Waals surface area contributed by atoms with Gasteiger partial charge in [-0.25, -0.2) is 13.2 Å². The van der Waals surface area contributed by atoms with E-state index in [0.717, 1.165) is 12.8 Å². The Hall–Kier alpha value is -1.50. The van der Waals surface area contributed by atoms with Crippen LogP contribution in [0.25, 0.3) is 0 Å². The first-order valence-electron chi connectivity index (χ1n) is 6.50. The highest BCUT2D eigenvalue weighted by Crippen LogP contribution is 2.31. The van der Waals surface area contributed by atoms with Crippen molar-refractivity contribution in [2.75, 3.05) is 6.54 Å². The SMILES string of the molecule is Cc1n[nH]c(C)c1S(=O)(=O)N1CCCC(C)C1N=C=O. The van der Waals surface area contributed by atoms with E-state index >= 15 is 0 Å². The normalized spacial score (nSPS) is 24.4. The Bertz CT molecular complexity index is 626. The molecule has 2 atom stereocenters. The number of hydrogen-bond donors (Lipinski definition) is 1. The first kappa shape index (κ1) is 14.9. The van der Waals surface area contributed by atoms with Crippen molar-refractivity contribution in [3.8, 4) is 0 Å². The zero-order valence-electron chi connectivity index (χ0n) is 11.8. The van der Waals surface area contributed by atoms with Crippen LogP contribution in [0.15, 0.2) is 9.89 Å². The highest BCUT2D eigenvalue weighted by atomic mass is 32.2. The Balaban J connectivity index is 2.49. The second-order valence-electron chi connectivity index (χ2n) is 5.13. The number of nitrogens with zero attached hydrogens (tertiary/aromatic N) is 3. The molecule has 1 aliphatic heterocycles. The van der Waals surface area contributed by atoms with E-state index in [2.05, 4.69) is 15.2 Å². The van der Waals surface area contributed by atoms with E-state index in [1.165, 1.54) is 10.4 Å². The topological polar surface area (TPSA) is 95.5 Å². The molecule has 0 spiro atoms. The molecule has 1 aliphatic rings. The minimum Gasteiger partial charge on any atom is -0.281 e. The maximum Gasteiger partial charge on any atom is 0.248 e. The summed E-state index contributed by atoms with van der Waals surface area (Å²) in [6.45, 7) is 5.55. The number of isocyanates is 1. The molecule has 2 rings (SSSR count). The van der Waals surface area contributed by atoms with Crippen LogP contribution in [0.5, 0.6) is 0 Å². The molecule has 0 saturated carbocycles. The van der Waals surface area contributed by atoms with Crippen LogP contribution in [-0.2, 0) is 14.8 Å². The summed E-state index contributed by atoms with van der Waals surface area (Å²) in [5.74, 6) is -0.00696. The standard InChI is InChI=1S/C12H18N4O3S/c1-8-5-4-6-16(12(8)13-7-17)20(18,19)11-9(2)14-15-10(11)3/h8,12H,4-6H2,1-3H3,(H,14,15). The first-order valence-corrected chi connectivity index (χ1v) is 7.94. The van der Waals surface area contributed by atoms with E-state index in [4.69, 9.17) is 0 Å². The molecule has 2 heterocycles. The van der Waals surface area contributed by atoms with Crippen molar-refractivity contribution in [3.05, 3.63) is 11.4 Å². The number of nitrogens with one attached hydrogen (secondary N) is 1. The third kappa shape index (κ3) is 2.42. The van der Waals surface area contributed by atoms with Gasteiger partial charge in [-0.15, -0.1) is 0 Å². The van der Waals surface area contributed by atoms with Crippen LogP contribution in [0.4, 0.5) is 0 Å². The van der Waals surface area contributed by atoms with Gasteiger partial charge in [-0.05, 0) is 32.6 Å². The molecule has 20 heavy (non-hydrogen) atoms. The maximum absolute atomic E-state index is 12.8. The maximum atomic E-state index is 12.8. The molecule has 0 aliphatic carbocycles. The molecule has 1 N–H and O–H groups in total. The average molecular weight is 298 g/mol. The van der Waals surface area contributed by atoms with Gasteiger partial charge in [0.2, 0.25) is 16.1 Å². The van der Waals surface area contributed by atoms with Crippen molar-refractivity contribution in [1.29, 1.82) is 0 Å². The molecular weight excluding hydrogens is 280 g/mol. The number of aliphatic imine (C=N–C) groups is 1. The Morgan fingerprint density at radius 2 is 2.15 bits per heavy atom. The molecule has 7 nitrogen and oxygen atoms in total. The van der Waals surface area contributed by atoms with E-state index < -0.39 is 16.2 Å². The molecule has 8 heteroatoms. The number of aryl methyl sites for hydroxylation is 2. The highest BCUT2D eigenvalue weighted by Gasteiger charge is 2.39. The molecule has 0 bridgehead atoms. The van der Waals surface area contributed by atoms with E-state index in [1.807, 2.05) is 6.92 Å². The van der Waals surface area contributed by atoms with Gasteiger partial charge in [0, 0.05) is 6.54 Å². The van der Waals surface area contributed by atoms with E-state index in [0.29, 0.717) is 17.9 Å². The van der Waals surface area contributed by atoms with Gasteiger partial charge in [-0.2, -0.15) is 14.4 Å². The Labute approximate surface area is 118 Å². The molecule has 1 aromatic rings. The Morgan fingerprint density at radius 1 is 1.45 bits per heavy atom. The van der Waals surface area contributed by atoms with Crippen molar-refractivity contribution >= 4 is 16.1 Å². The van der Waals surface area contributed by atoms with Gasteiger partial charge in [-0.1, -0.05) is 6.92 Å². The molecule has 2 unspecified atom stereocenters. The average Bonchev–Trinajstić information content (AvgIpc) is 2.72. The number of H-pyrrole nitrogens is 1. The molecule has 110 valence electrons. The van der Waals surface area contributed by atoms with Crippen molar-refractivity contribution < 1.29 is 13.2 Å². The number of carbonyl (C=O) groups excluding carboxylic acids is 1. The van der Waals surface area contributed by atoms with Crippen LogP contribution >= 0.6 is 0 Å². The van der Waals surface area contributed by atoms with Crippen molar-refractivity contribution in [1.82, 2.24) is 14.5 Å². The Kier molecular flexibility index (Phi) is 4.08. The zero-order valence-corrected chi connectivity index (χ0v) is 12.6. The predicted molar refractivity (Wildman–Crippen MR) is 72.3 cm³/mol. The van der Waals surface area contributed by atoms with Crippen LogP contribution in [0.3, 0.4) is 0 Å². The molecule has 0 radical (unpaired) electrons. The summed E-state index contributed by atoms with van der Waals surface area (Å²) in [7, 11) is -3.72. The second-order valence-corrected chi connectivity index (χ2v) is 6.96. The number of piperidine rings is 1. The number of aromatic nitrogens is 2. The van der Waals surface area contributed by atoms with Crippen LogP contribution in [-0.4, -0.2) is 41.7 Å². The van der Waals surface area contributed by atoms with Gasteiger partial charge in [0.1, 0.15) is 11.1 Å². The highest BCUT2D eigenvalue weighted by molar-refractivity contribution is 7.89. The summed E-state index contributed by atoms with van der Waals surface area (Å²) in [6, 6.07) is 0. The predicted octanol–water partition coefficient (Wildman–Crippen LogP) is 1.11. The lowest BCUT2D eigenvalue weighted by Crippen LogP contribution is -2.46. The lowest BCUT2D eigenvalue weighted by Gasteiger charge is -2.35. The summed E-state index contributed by atoms with van der Waals surface area (Å²) in [4.78, 5) is 14.5. The quantitative estimate of drug-likeness (QED) is 0.668. The van der Waals surface area contributed by atoms with Gasteiger partial charge in [0.05, 0.1) is 11.4 Å². The summed E-state index contributed by atoms with van der Waals surface area (Å²) < 4.78 is 26.9.